The average Bonchev–Trinajstić information content (AvgIpc) is 3.17. The maximum absolute atomic E-state index is 13.7. The number of halogens is 1. The van der Waals surface area contributed by atoms with Gasteiger partial charge in [0, 0.05) is 24.1 Å². The monoisotopic (exact) mass is 417 g/mol. The SMILES string of the molecule is Cc1ccccc1C(=O)NCCCc1nnc(S(=O)(=O)Cc2ccccc2F)o1. The minimum absolute atomic E-state index is 0.0335. The van der Waals surface area contributed by atoms with E-state index in [1.807, 2.05) is 19.1 Å². The molecule has 0 aliphatic carbocycles. The summed E-state index contributed by atoms with van der Waals surface area (Å²) in [6.07, 6.45) is 0.795. The molecule has 29 heavy (non-hydrogen) atoms. The number of carbonyl (C=O) groups is 1. The third-order valence-electron chi connectivity index (χ3n) is 4.26. The third-order valence-corrected chi connectivity index (χ3v) is 5.65. The van der Waals surface area contributed by atoms with Crippen LogP contribution in [0.15, 0.2) is 58.2 Å². The van der Waals surface area contributed by atoms with Gasteiger partial charge in [0.15, 0.2) is 0 Å². The number of hydrogen-bond donors (Lipinski definition) is 1. The first-order chi connectivity index (χ1) is 13.9. The Hall–Kier alpha value is -3.07. The van der Waals surface area contributed by atoms with Gasteiger partial charge in [0.05, 0.1) is 5.75 Å². The summed E-state index contributed by atoms with van der Waals surface area (Å²) in [7, 11) is -3.95. The smallest absolute Gasteiger partial charge is 0.335 e. The third kappa shape index (κ3) is 5.26. The lowest BCUT2D eigenvalue weighted by atomic mass is 10.1. The van der Waals surface area contributed by atoms with Crippen LogP contribution >= 0.6 is 0 Å². The van der Waals surface area contributed by atoms with Crippen LogP contribution in [0, 0.1) is 12.7 Å². The Labute approximate surface area is 167 Å². The highest BCUT2D eigenvalue weighted by atomic mass is 32.2. The predicted molar refractivity (Wildman–Crippen MR) is 103 cm³/mol. The van der Waals surface area contributed by atoms with E-state index in [1.165, 1.54) is 18.2 Å². The first-order valence-corrected chi connectivity index (χ1v) is 10.6. The molecule has 0 fully saturated rings. The van der Waals surface area contributed by atoms with Crippen molar-refractivity contribution in [2.45, 2.75) is 30.7 Å². The van der Waals surface area contributed by atoms with Gasteiger partial charge in [0.2, 0.25) is 15.7 Å². The summed E-state index contributed by atoms with van der Waals surface area (Å²) in [5.74, 6) is -1.21. The van der Waals surface area contributed by atoms with Crippen molar-refractivity contribution in [1.82, 2.24) is 15.5 Å². The molecular formula is C20H20FN3O4S. The van der Waals surface area contributed by atoms with Crippen molar-refractivity contribution in [3.05, 3.63) is 76.9 Å². The van der Waals surface area contributed by atoms with Gasteiger partial charge in [-0.1, -0.05) is 41.5 Å². The molecule has 7 nitrogen and oxygen atoms in total. The van der Waals surface area contributed by atoms with Crippen LogP contribution in [0.25, 0.3) is 0 Å². The van der Waals surface area contributed by atoms with E-state index in [9.17, 15) is 17.6 Å². The highest BCUT2D eigenvalue weighted by Crippen LogP contribution is 2.18. The van der Waals surface area contributed by atoms with Crippen LogP contribution in [-0.2, 0) is 22.0 Å². The van der Waals surface area contributed by atoms with Crippen molar-refractivity contribution < 1.29 is 22.0 Å². The van der Waals surface area contributed by atoms with E-state index >= 15 is 0 Å². The average molecular weight is 417 g/mol. The standard InChI is InChI=1S/C20H20FN3O4S/c1-14-7-2-4-9-16(14)19(25)22-12-6-11-18-23-24-20(28-18)29(26,27)13-15-8-3-5-10-17(15)21/h2-5,7-10H,6,11-13H2,1H3,(H,22,25). The number of rotatable bonds is 8. The maximum Gasteiger partial charge on any atom is 0.335 e. The van der Waals surface area contributed by atoms with E-state index < -0.39 is 26.6 Å². The van der Waals surface area contributed by atoms with Crippen molar-refractivity contribution in [1.29, 1.82) is 0 Å². The molecule has 1 heterocycles. The molecule has 0 aliphatic heterocycles. The summed E-state index contributed by atoms with van der Waals surface area (Å²) >= 11 is 0. The Morgan fingerprint density at radius 3 is 2.59 bits per heavy atom. The minimum Gasteiger partial charge on any atom is -0.413 e. The molecule has 0 bridgehead atoms. The number of hydrogen-bond acceptors (Lipinski definition) is 6. The van der Waals surface area contributed by atoms with Crippen molar-refractivity contribution in [2.24, 2.45) is 0 Å². The molecule has 0 atom stereocenters. The fraction of sp³-hybridized carbons (Fsp3) is 0.250. The molecule has 1 aromatic heterocycles. The number of aryl methyl sites for hydroxylation is 2. The van der Waals surface area contributed by atoms with Crippen LogP contribution in [0.5, 0.6) is 0 Å². The molecule has 152 valence electrons. The lowest BCUT2D eigenvalue weighted by Crippen LogP contribution is -2.25. The van der Waals surface area contributed by atoms with Gasteiger partial charge in [-0.05, 0) is 31.0 Å². The lowest BCUT2D eigenvalue weighted by Gasteiger charge is -2.06. The quantitative estimate of drug-likeness (QED) is 0.566. The van der Waals surface area contributed by atoms with E-state index in [0.29, 0.717) is 24.9 Å². The zero-order chi connectivity index (χ0) is 20.9. The number of sulfone groups is 1. The molecule has 3 rings (SSSR count). The molecule has 0 saturated heterocycles. The zero-order valence-corrected chi connectivity index (χ0v) is 16.6. The van der Waals surface area contributed by atoms with Gasteiger partial charge in [0.25, 0.3) is 5.91 Å². The van der Waals surface area contributed by atoms with E-state index in [4.69, 9.17) is 4.42 Å². The van der Waals surface area contributed by atoms with E-state index in [1.54, 1.807) is 18.2 Å². The largest absolute Gasteiger partial charge is 0.413 e. The first-order valence-electron chi connectivity index (χ1n) is 8.99. The van der Waals surface area contributed by atoms with Crippen molar-refractivity contribution in [3.63, 3.8) is 0 Å². The molecular weight excluding hydrogens is 397 g/mol. The normalized spacial score (nSPS) is 11.4. The van der Waals surface area contributed by atoms with Crippen LogP contribution in [0.3, 0.4) is 0 Å². The molecule has 0 aliphatic rings. The zero-order valence-electron chi connectivity index (χ0n) is 15.8. The van der Waals surface area contributed by atoms with Crippen LogP contribution < -0.4 is 5.32 Å². The second kappa shape index (κ2) is 8.95. The van der Waals surface area contributed by atoms with Crippen LogP contribution in [-0.4, -0.2) is 31.1 Å². The Morgan fingerprint density at radius 2 is 1.83 bits per heavy atom. The summed E-state index contributed by atoms with van der Waals surface area (Å²) < 4.78 is 43.6. The van der Waals surface area contributed by atoms with Gasteiger partial charge in [-0.15, -0.1) is 5.10 Å². The Kier molecular flexibility index (Phi) is 6.38. The van der Waals surface area contributed by atoms with Gasteiger partial charge in [0.1, 0.15) is 5.82 Å². The number of nitrogens with zero attached hydrogens (tertiary/aromatic N) is 2. The summed E-state index contributed by atoms with van der Waals surface area (Å²) in [5.41, 5.74) is 1.52. The minimum atomic E-state index is -3.95. The van der Waals surface area contributed by atoms with Gasteiger partial charge in [-0.2, -0.15) is 0 Å². The summed E-state index contributed by atoms with van der Waals surface area (Å²) in [4.78, 5) is 12.1. The van der Waals surface area contributed by atoms with Crippen molar-refractivity contribution in [3.8, 4) is 0 Å². The second-order valence-electron chi connectivity index (χ2n) is 6.49. The van der Waals surface area contributed by atoms with Gasteiger partial charge < -0.3 is 9.73 Å². The molecule has 3 aromatic rings. The van der Waals surface area contributed by atoms with Crippen LogP contribution in [0.2, 0.25) is 0 Å². The first kappa shape index (κ1) is 20.7. The van der Waals surface area contributed by atoms with Crippen molar-refractivity contribution >= 4 is 15.7 Å². The maximum atomic E-state index is 13.7. The van der Waals surface area contributed by atoms with E-state index in [-0.39, 0.29) is 17.4 Å². The summed E-state index contributed by atoms with van der Waals surface area (Å²) in [6.45, 7) is 2.23. The summed E-state index contributed by atoms with van der Waals surface area (Å²) in [5, 5.41) is 9.56. The van der Waals surface area contributed by atoms with E-state index in [2.05, 4.69) is 15.5 Å². The van der Waals surface area contributed by atoms with Gasteiger partial charge in [-0.3, -0.25) is 4.79 Å². The molecule has 0 radical (unpaired) electrons. The van der Waals surface area contributed by atoms with Crippen LogP contribution in [0.1, 0.15) is 33.8 Å². The van der Waals surface area contributed by atoms with Crippen LogP contribution in [0.4, 0.5) is 4.39 Å². The van der Waals surface area contributed by atoms with Gasteiger partial charge >= 0.3 is 5.22 Å². The number of aromatic nitrogens is 2. The fourth-order valence-corrected chi connectivity index (χ4v) is 3.87. The highest BCUT2D eigenvalue weighted by Gasteiger charge is 2.24. The molecule has 2 aromatic carbocycles. The molecule has 0 unspecified atom stereocenters. The fourth-order valence-electron chi connectivity index (χ4n) is 2.71. The number of nitrogens with one attached hydrogen (secondary N) is 1. The highest BCUT2D eigenvalue weighted by molar-refractivity contribution is 7.90. The summed E-state index contributed by atoms with van der Waals surface area (Å²) in [6, 6.07) is 12.9. The Morgan fingerprint density at radius 1 is 1.10 bits per heavy atom. The topological polar surface area (TPSA) is 102 Å². The van der Waals surface area contributed by atoms with E-state index in [0.717, 1.165) is 5.56 Å². The number of benzene rings is 2. The number of carbonyl (C=O) groups excluding carboxylic acids is 1. The molecule has 1 N–H and O–H groups in total. The van der Waals surface area contributed by atoms with Gasteiger partial charge in [-0.25, -0.2) is 12.8 Å². The second-order valence-corrected chi connectivity index (χ2v) is 8.35. The number of amides is 1. The Bertz CT molecular complexity index is 1110. The molecule has 9 heteroatoms. The molecule has 0 spiro atoms. The Balaban J connectivity index is 1.53. The van der Waals surface area contributed by atoms with Crippen molar-refractivity contribution in [2.75, 3.05) is 6.54 Å². The predicted octanol–water partition coefficient (Wildman–Crippen LogP) is 2.85. The lowest BCUT2D eigenvalue weighted by molar-refractivity contribution is 0.0952. The molecule has 0 saturated carbocycles. The molecule has 1 amide bonds.